The maximum Gasteiger partial charge on any atom is 0.328 e. The number of aliphatic hydroxyl groups excluding tert-OH is 1. The summed E-state index contributed by atoms with van der Waals surface area (Å²) < 4.78 is 29.7. The number of halogens is 2. The molecule has 0 aliphatic carbocycles. The molecule has 0 aliphatic heterocycles. The Morgan fingerprint density at radius 2 is 1.87 bits per heavy atom. The zero-order chi connectivity index (χ0) is 20.8. The standard InChI is InChI=1S/C19H13F2N7O2/c20-10-1-3-12(22-5-10)15(9-29)28-18-13(25-19(28)30)6-24-17(26-18)14-7-23-16-4-2-11(21)8-27(14)16/h1-8,15,29H,9H2,(H,25,30). The van der Waals surface area contributed by atoms with Gasteiger partial charge in [0.1, 0.15) is 34.5 Å². The molecule has 2 N–H and O–H groups in total. The van der Waals surface area contributed by atoms with E-state index in [0.717, 1.165) is 6.20 Å². The van der Waals surface area contributed by atoms with Crippen LogP contribution in [0.2, 0.25) is 0 Å². The summed E-state index contributed by atoms with van der Waals surface area (Å²) in [5.41, 5.74) is 1.23. The van der Waals surface area contributed by atoms with Crippen LogP contribution in [0.1, 0.15) is 11.7 Å². The summed E-state index contributed by atoms with van der Waals surface area (Å²) in [6.45, 7) is -0.467. The van der Waals surface area contributed by atoms with E-state index in [0.29, 0.717) is 22.6 Å². The molecule has 30 heavy (non-hydrogen) atoms. The summed E-state index contributed by atoms with van der Waals surface area (Å²) in [6, 6.07) is 4.50. The average molecular weight is 409 g/mol. The monoisotopic (exact) mass is 409 g/mol. The summed E-state index contributed by atoms with van der Waals surface area (Å²) in [6.07, 6.45) is 5.18. The van der Waals surface area contributed by atoms with E-state index in [-0.39, 0.29) is 11.5 Å². The van der Waals surface area contributed by atoms with Crippen molar-refractivity contribution in [1.29, 1.82) is 0 Å². The van der Waals surface area contributed by atoms with Gasteiger partial charge in [0.15, 0.2) is 11.5 Å². The number of H-pyrrole nitrogens is 1. The van der Waals surface area contributed by atoms with Gasteiger partial charge in [-0.3, -0.25) is 14.0 Å². The van der Waals surface area contributed by atoms with Gasteiger partial charge in [0.2, 0.25) is 0 Å². The van der Waals surface area contributed by atoms with E-state index >= 15 is 0 Å². The smallest absolute Gasteiger partial charge is 0.328 e. The van der Waals surface area contributed by atoms with Crippen LogP contribution in [0.3, 0.4) is 0 Å². The Labute approximate surface area is 166 Å². The quantitative estimate of drug-likeness (QED) is 0.467. The fourth-order valence-corrected chi connectivity index (χ4v) is 3.34. The first kappa shape index (κ1) is 18.1. The molecule has 5 aromatic heterocycles. The Kier molecular flexibility index (Phi) is 4.10. The van der Waals surface area contributed by atoms with Crippen LogP contribution in [-0.2, 0) is 0 Å². The predicted molar refractivity (Wildman–Crippen MR) is 102 cm³/mol. The minimum absolute atomic E-state index is 0.206. The van der Waals surface area contributed by atoms with Gasteiger partial charge in [-0.2, -0.15) is 0 Å². The molecule has 0 aliphatic rings. The Balaban J connectivity index is 1.70. The summed E-state index contributed by atoms with van der Waals surface area (Å²) in [5, 5.41) is 9.92. The lowest BCUT2D eigenvalue weighted by Crippen LogP contribution is -2.26. The molecule has 11 heteroatoms. The molecular weight excluding hydrogens is 396 g/mol. The van der Waals surface area contributed by atoms with Gasteiger partial charge in [-0.25, -0.2) is 28.5 Å². The molecule has 0 bridgehead atoms. The Bertz CT molecular complexity index is 1440. The van der Waals surface area contributed by atoms with Crippen molar-refractivity contribution < 1.29 is 13.9 Å². The Morgan fingerprint density at radius 1 is 1.03 bits per heavy atom. The van der Waals surface area contributed by atoms with Crippen molar-refractivity contribution in [2.45, 2.75) is 6.04 Å². The van der Waals surface area contributed by atoms with Gasteiger partial charge >= 0.3 is 5.69 Å². The van der Waals surface area contributed by atoms with Crippen molar-refractivity contribution in [3.05, 3.63) is 76.9 Å². The summed E-state index contributed by atoms with van der Waals surface area (Å²) in [5.74, 6) is -0.785. The molecule has 0 radical (unpaired) electrons. The SMILES string of the molecule is O=c1[nH]c2cnc(-c3cnc4ccc(F)cn34)nc2n1C(CO)c1ccc(F)cn1. The lowest BCUT2D eigenvalue weighted by molar-refractivity contribution is 0.246. The van der Waals surface area contributed by atoms with E-state index in [2.05, 4.69) is 24.9 Å². The topological polar surface area (TPSA) is 114 Å². The molecule has 0 amide bonds. The number of aliphatic hydroxyl groups is 1. The zero-order valence-electron chi connectivity index (χ0n) is 15.2. The van der Waals surface area contributed by atoms with Crippen LogP contribution >= 0.6 is 0 Å². The average Bonchev–Trinajstić information content (AvgIpc) is 3.30. The maximum atomic E-state index is 13.7. The fourth-order valence-electron chi connectivity index (χ4n) is 3.34. The molecule has 9 nitrogen and oxygen atoms in total. The van der Waals surface area contributed by atoms with Crippen LogP contribution in [0.5, 0.6) is 0 Å². The van der Waals surface area contributed by atoms with Crippen LogP contribution in [-0.4, -0.2) is 45.6 Å². The number of hydrogen-bond donors (Lipinski definition) is 2. The number of imidazole rings is 2. The number of nitrogens with zero attached hydrogens (tertiary/aromatic N) is 6. The number of aromatic nitrogens is 7. The fraction of sp³-hybridized carbons (Fsp3) is 0.105. The van der Waals surface area contributed by atoms with E-state index in [1.807, 2.05) is 0 Å². The van der Waals surface area contributed by atoms with Gasteiger partial charge in [-0.15, -0.1) is 0 Å². The molecule has 1 unspecified atom stereocenters. The Hall–Kier alpha value is -3.99. The Morgan fingerprint density at radius 3 is 2.63 bits per heavy atom. The molecule has 5 rings (SSSR count). The number of aromatic amines is 1. The molecule has 0 saturated heterocycles. The van der Waals surface area contributed by atoms with Gasteiger partial charge < -0.3 is 10.1 Å². The second kappa shape index (κ2) is 6.81. The van der Waals surface area contributed by atoms with Crippen LogP contribution < -0.4 is 5.69 Å². The molecule has 0 aromatic carbocycles. The minimum Gasteiger partial charge on any atom is -0.394 e. The van der Waals surface area contributed by atoms with Crippen LogP contribution in [0, 0.1) is 11.6 Å². The van der Waals surface area contributed by atoms with Crippen molar-refractivity contribution in [2.24, 2.45) is 0 Å². The second-order valence-corrected chi connectivity index (χ2v) is 6.55. The molecule has 5 aromatic rings. The van der Waals surface area contributed by atoms with Crippen molar-refractivity contribution in [3.63, 3.8) is 0 Å². The highest BCUT2D eigenvalue weighted by Gasteiger charge is 2.22. The van der Waals surface area contributed by atoms with Crippen molar-refractivity contribution in [3.8, 4) is 11.5 Å². The number of rotatable bonds is 4. The predicted octanol–water partition coefficient (Wildman–Crippen LogP) is 1.69. The minimum atomic E-state index is -0.894. The van der Waals surface area contributed by atoms with Crippen molar-refractivity contribution >= 4 is 16.8 Å². The third-order valence-electron chi connectivity index (χ3n) is 4.73. The van der Waals surface area contributed by atoms with Gasteiger partial charge in [0.05, 0.1) is 30.9 Å². The third kappa shape index (κ3) is 2.83. The highest BCUT2D eigenvalue weighted by Crippen LogP contribution is 2.22. The van der Waals surface area contributed by atoms with Crippen molar-refractivity contribution in [1.82, 2.24) is 33.9 Å². The largest absolute Gasteiger partial charge is 0.394 e. The first-order valence-corrected chi connectivity index (χ1v) is 8.87. The number of hydrogen-bond acceptors (Lipinski definition) is 6. The highest BCUT2D eigenvalue weighted by atomic mass is 19.1. The number of fused-ring (bicyclic) bond motifs is 2. The molecule has 0 spiro atoms. The first-order chi connectivity index (χ1) is 14.5. The van der Waals surface area contributed by atoms with Gasteiger partial charge in [0, 0.05) is 6.20 Å². The molecular formula is C19H13F2N7O2. The number of nitrogens with one attached hydrogen (secondary N) is 1. The highest BCUT2D eigenvalue weighted by molar-refractivity contribution is 5.73. The van der Waals surface area contributed by atoms with E-state index in [4.69, 9.17) is 0 Å². The molecule has 0 fully saturated rings. The van der Waals surface area contributed by atoms with E-state index in [1.54, 1.807) is 0 Å². The summed E-state index contributed by atoms with van der Waals surface area (Å²) in [7, 11) is 0. The normalized spacial score (nSPS) is 12.6. The molecule has 0 saturated carbocycles. The zero-order valence-corrected chi connectivity index (χ0v) is 15.2. The van der Waals surface area contributed by atoms with E-state index in [1.165, 1.54) is 51.8 Å². The van der Waals surface area contributed by atoms with Crippen LogP contribution in [0.4, 0.5) is 8.78 Å². The van der Waals surface area contributed by atoms with Gasteiger partial charge in [-0.05, 0) is 24.3 Å². The van der Waals surface area contributed by atoms with Crippen LogP contribution in [0.15, 0.2) is 53.8 Å². The van der Waals surface area contributed by atoms with Crippen molar-refractivity contribution in [2.75, 3.05) is 6.61 Å². The maximum absolute atomic E-state index is 13.7. The van der Waals surface area contributed by atoms with Gasteiger partial charge in [0.25, 0.3) is 0 Å². The second-order valence-electron chi connectivity index (χ2n) is 6.55. The molecule has 1 atom stereocenters. The molecule has 5 heterocycles. The number of pyridine rings is 2. The van der Waals surface area contributed by atoms with Gasteiger partial charge in [-0.1, -0.05) is 0 Å². The first-order valence-electron chi connectivity index (χ1n) is 8.87. The van der Waals surface area contributed by atoms with Crippen LogP contribution in [0.25, 0.3) is 28.3 Å². The summed E-state index contributed by atoms with van der Waals surface area (Å²) in [4.78, 5) is 32.1. The van der Waals surface area contributed by atoms with E-state index in [9.17, 15) is 18.7 Å². The van der Waals surface area contributed by atoms with E-state index < -0.39 is 30.0 Å². The third-order valence-corrected chi connectivity index (χ3v) is 4.73. The molecule has 150 valence electrons. The summed E-state index contributed by atoms with van der Waals surface area (Å²) >= 11 is 0. The lowest BCUT2D eigenvalue weighted by atomic mass is 10.2. The lowest BCUT2D eigenvalue weighted by Gasteiger charge is -2.15.